The Morgan fingerprint density at radius 1 is 1.65 bits per heavy atom. The van der Waals surface area contributed by atoms with Crippen LogP contribution in [-0.2, 0) is 11.2 Å². The molecule has 1 aromatic rings. The zero-order valence-electron chi connectivity index (χ0n) is 11.5. The molecular formula is C13H18N2O3S2. The lowest BCUT2D eigenvalue weighted by Gasteiger charge is -2.34. The topological polar surface area (TPSA) is 69.6 Å². The van der Waals surface area contributed by atoms with Crippen LogP contribution in [0.3, 0.4) is 0 Å². The summed E-state index contributed by atoms with van der Waals surface area (Å²) in [5.41, 5.74) is 0.751. The van der Waals surface area contributed by atoms with Gasteiger partial charge in [-0.3, -0.25) is 0 Å². The van der Waals surface area contributed by atoms with Crippen molar-refractivity contribution >= 4 is 35.1 Å². The summed E-state index contributed by atoms with van der Waals surface area (Å²) >= 11 is 3.20. The molecule has 2 unspecified atom stereocenters. The van der Waals surface area contributed by atoms with Crippen molar-refractivity contribution < 1.29 is 14.7 Å². The fourth-order valence-electron chi connectivity index (χ4n) is 2.39. The molecule has 7 heteroatoms. The number of carbonyl (C=O) groups excluding carboxylic acids is 1. The quantitative estimate of drug-likeness (QED) is 0.894. The van der Waals surface area contributed by atoms with E-state index in [-0.39, 0.29) is 12.1 Å². The molecule has 0 radical (unpaired) electrons. The number of hydrogen-bond acceptors (Lipinski definition) is 4. The lowest BCUT2D eigenvalue weighted by molar-refractivity contribution is -0.142. The van der Waals surface area contributed by atoms with E-state index in [4.69, 9.17) is 0 Å². The molecule has 2 atom stereocenters. The van der Waals surface area contributed by atoms with Crippen molar-refractivity contribution in [3.8, 4) is 0 Å². The number of rotatable bonds is 4. The van der Waals surface area contributed by atoms with Crippen molar-refractivity contribution in [1.82, 2.24) is 10.2 Å². The lowest BCUT2D eigenvalue weighted by atomic mass is 10.0. The summed E-state index contributed by atoms with van der Waals surface area (Å²) in [4.78, 5) is 26.3. The highest BCUT2D eigenvalue weighted by Crippen LogP contribution is 2.33. The molecule has 2 N–H and O–H groups in total. The van der Waals surface area contributed by atoms with E-state index < -0.39 is 12.0 Å². The van der Waals surface area contributed by atoms with Crippen LogP contribution in [0.1, 0.15) is 23.4 Å². The number of aliphatic carboxylic acids is 1. The minimum absolute atomic E-state index is 0.0239. The van der Waals surface area contributed by atoms with Crippen molar-refractivity contribution in [3.05, 3.63) is 21.9 Å². The molecule has 0 aliphatic carbocycles. The first kappa shape index (κ1) is 15.2. The maximum absolute atomic E-state index is 12.3. The molecule has 110 valence electrons. The summed E-state index contributed by atoms with van der Waals surface area (Å²) in [6.07, 6.45) is 2.70. The van der Waals surface area contributed by atoms with E-state index in [1.54, 1.807) is 23.1 Å². The summed E-state index contributed by atoms with van der Waals surface area (Å²) in [6, 6.07) is 0.668. The van der Waals surface area contributed by atoms with Gasteiger partial charge in [-0.2, -0.15) is 11.8 Å². The Morgan fingerprint density at radius 3 is 3.05 bits per heavy atom. The smallest absolute Gasteiger partial charge is 0.331 e. The first-order valence-electron chi connectivity index (χ1n) is 6.39. The molecular weight excluding hydrogens is 296 g/mol. The second-order valence-electron chi connectivity index (χ2n) is 4.79. The lowest BCUT2D eigenvalue weighted by Crippen LogP contribution is -2.50. The maximum Gasteiger partial charge on any atom is 0.331 e. The number of carbonyl (C=O) groups is 2. The van der Waals surface area contributed by atoms with Crippen LogP contribution in [0.25, 0.3) is 0 Å². The first-order valence-corrected chi connectivity index (χ1v) is 8.67. The molecule has 0 bridgehead atoms. The van der Waals surface area contributed by atoms with Gasteiger partial charge in [-0.25, -0.2) is 9.59 Å². The number of thiophene rings is 1. The predicted octanol–water partition coefficient (Wildman–Crippen LogP) is 2.19. The molecule has 0 saturated heterocycles. The number of thioether (sulfide) groups is 1. The largest absolute Gasteiger partial charge is 0.479 e. The van der Waals surface area contributed by atoms with Crippen molar-refractivity contribution in [1.29, 1.82) is 0 Å². The average Bonchev–Trinajstić information content (AvgIpc) is 2.85. The van der Waals surface area contributed by atoms with Crippen LogP contribution in [0, 0.1) is 0 Å². The van der Waals surface area contributed by atoms with Crippen molar-refractivity contribution in [2.45, 2.75) is 25.4 Å². The van der Waals surface area contributed by atoms with Gasteiger partial charge in [0.25, 0.3) is 0 Å². The number of urea groups is 1. The van der Waals surface area contributed by atoms with Crippen LogP contribution in [0.2, 0.25) is 0 Å². The van der Waals surface area contributed by atoms with E-state index in [1.165, 1.54) is 4.90 Å². The molecule has 0 saturated carbocycles. The van der Waals surface area contributed by atoms with E-state index in [0.717, 1.165) is 22.6 Å². The van der Waals surface area contributed by atoms with Crippen LogP contribution >= 0.6 is 23.1 Å². The Kier molecular flexibility index (Phi) is 4.93. The summed E-state index contributed by atoms with van der Waals surface area (Å²) in [6.45, 7) is 2.37. The molecule has 2 rings (SSSR count). The number of amides is 2. The third-order valence-corrected chi connectivity index (χ3v) is 5.08. The van der Waals surface area contributed by atoms with Gasteiger partial charge in [-0.1, -0.05) is 0 Å². The average molecular weight is 314 g/mol. The predicted molar refractivity (Wildman–Crippen MR) is 81.5 cm³/mol. The molecule has 0 spiro atoms. The molecule has 1 aromatic heterocycles. The number of fused-ring (bicyclic) bond motifs is 1. The van der Waals surface area contributed by atoms with Crippen LogP contribution in [-0.4, -0.2) is 46.6 Å². The number of carboxylic acid groups (broad SMARTS) is 1. The van der Waals surface area contributed by atoms with Crippen LogP contribution in [0.15, 0.2) is 11.4 Å². The Labute approximate surface area is 126 Å². The Balaban J connectivity index is 2.15. The summed E-state index contributed by atoms with van der Waals surface area (Å²) in [5, 5.41) is 14.2. The number of nitrogens with one attached hydrogen (secondary N) is 1. The summed E-state index contributed by atoms with van der Waals surface area (Å²) in [5.74, 6) is -0.168. The van der Waals surface area contributed by atoms with Crippen LogP contribution in [0.5, 0.6) is 0 Å². The normalized spacial score (nSPS) is 19.3. The van der Waals surface area contributed by atoms with Gasteiger partial charge < -0.3 is 15.3 Å². The fourth-order valence-corrected chi connectivity index (χ4v) is 3.87. The molecule has 1 aliphatic rings. The monoisotopic (exact) mass is 314 g/mol. The summed E-state index contributed by atoms with van der Waals surface area (Å²) in [7, 11) is 0. The maximum atomic E-state index is 12.3. The zero-order valence-corrected chi connectivity index (χ0v) is 13.1. The zero-order chi connectivity index (χ0) is 14.7. The van der Waals surface area contributed by atoms with Gasteiger partial charge in [-0.15, -0.1) is 11.3 Å². The molecule has 0 fully saturated rings. The number of nitrogens with zero attached hydrogens (tertiary/aromatic N) is 1. The second-order valence-corrected chi connectivity index (χ2v) is 6.70. The molecule has 2 amide bonds. The van der Waals surface area contributed by atoms with Crippen LogP contribution < -0.4 is 5.32 Å². The summed E-state index contributed by atoms with van der Waals surface area (Å²) < 4.78 is 0. The van der Waals surface area contributed by atoms with Gasteiger partial charge in [0, 0.05) is 23.2 Å². The highest BCUT2D eigenvalue weighted by atomic mass is 32.2. The third-order valence-electron chi connectivity index (χ3n) is 3.25. The highest BCUT2D eigenvalue weighted by Gasteiger charge is 2.36. The fraction of sp³-hybridized carbons (Fsp3) is 0.538. The van der Waals surface area contributed by atoms with E-state index in [9.17, 15) is 14.7 Å². The van der Waals surface area contributed by atoms with Gasteiger partial charge in [0.05, 0.1) is 0 Å². The van der Waals surface area contributed by atoms with Gasteiger partial charge >= 0.3 is 12.0 Å². The minimum atomic E-state index is -0.975. The molecule has 5 nitrogen and oxygen atoms in total. The molecule has 20 heavy (non-hydrogen) atoms. The van der Waals surface area contributed by atoms with Crippen molar-refractivity contribution in [2.75, 3.05) is 18.6 Å². The van der Waals surface area contributed by atoms with Crippen molar-refractivity contribution in [3.63, 3.8) is 0 Å². The van der Waals surface area contributed by atoms with Crippen LogP contribution in [0.4, 0.5) is 4.79 Å². The minimum Gasteiger partial charge on any atom is -0.479 e. The highest BCUT2D eigenvalue weighted by molar-refractivity contribution is 7.98. The van der Waals surface area contributed by atoms with Gasteiger partial charge in [-0.05, 0) is 36.6 Å². The second kappa shape index (κ2) is 6.49. The van der Waals surface area contributed by atoms with Gasteiger partial charge in [0.15, 0.2) is 6.04 Å². The standard InChI is InChI=1S/C13H18N2O3S2/c1-8(7-19-2)14-13(18)15-5-3-10-9(4-6-20-10)11(15)12(16)17/h4,6,8,11H,3,5,7H2,1-2H3,(H,14,18)(H,16,17). The SMILES string of the molecule is CSCC(C)NC(=O)N1CCc2sccc2C1C(=O)O. The molecule has 2 heterocycles. The van der Waals surface area contributed by atoms with Crippen molar-refractivity contribution in [2.24, 2.45) is 0 Å². The van der Waals surface area contributed by atoms with E-state index in [0.29, 0.717) is 6.54 Å². The molecule has 1 aliphatic heterocycles. The Hall–Kier alpha value is -1.21. The van der Waals surface area contributed by atoms with Gasteiger partial charge in [0.2, 0.25) is 0 Å². The van der Waals surface area contributed by atoms with E-state index >= 15 is 0 Å². The Morgan fingerprint density at radius 2 is 2.40 bits per heavy atom. The number of hydrogen-bond donors (Lipinski definition) is 2. The first-order chi connectivity index (χ1) is 9.54. The third kappa shape index (κ3) is 3.09. The Bertz CT molecular complexity index is 504. The number of carboxylic acids is 1. The van der Waals surface area contributed by atoms with E-state index in [2.05, 4.69) is 5.32 Å². The molecule has 0 aromatic carbocycles. The van der Waals surface area contributed by atoms with Gasteiger partial charge in [0.1, 0.15) is 0 Å². The van der Waals surface area contributed by atoms with E-state index in [1.807, 2.05) is 24.6 Å².